The van der Waals surface area contributed by atoms with Gasteiger partial charge in [0.15, 0.2) is 0 Å². The molecule has 0 aliphatic carbocycles. The largest absolute Gasteiger partial charge is 0.288 e. The Morgan fingerprint density at radius 2 is 1.54 bits per heavy atom. The minimum atomic E-state index is -3.71. The van der Waals surface area contributed by atoms with E-state index < -0.39 is 27.6 Å². The predicted octanol–water partition coefficient (Wildman–Crippen LogP) is 2.33. The molecule has 0 spiro atoms. The van der Waals surface area contributed by atoms with Gasteiger partial charge in [0, 0.05) is 30.1 Å². The summed E-state index contributed by atoms with van der Waals surface area (Å²) in [6.07, 6.45) is 0. The van der Waals surface area contributed by atoms with Gasteiger partial charge in [-0.05, 0) is 42.5 Å². The van der Waals surface area contributed by atoms with Crippen LogP contribution in [-0.2, 0) is 10.0 Å². The third-order valence-corrected chi connectivity index (χ3v) is 6.04. The minimum Gasteiger partial charge on any atom is -0.267 e. The van der Waals surface area contributed by atoms with Crippen LogP contribution in [0.15, 0.2) is 58.3 Å². The van der Waals surface area contributed by atoms with E-state index >= 15 is 0 Å². The zero-order valence-corrected chi connectivity index (χ0v) is 16.5. The van der Waals surface area contributed by atoms with Crippen LogP contribution >= 0.6 is 11.8 Å². The van der Waals surface area contributed by atoms with Gasteiger partial charge in [0.2, 0.25) is 10.0 Å². The van der Waals surface area contributed by atoms with Crippen molar-refractivity contribution in [3.8, 4) is 0 Å². The molecule has 11 heteroatoms. The van der Waals surface area contributed by atoms with Crippen molar-refractivity contribution >= 4 is 33.6 Å². The number of hydrogen-bond acceptors (Lipinski definition) is 5. The molecular weight excluding hydrogens is 412 g/mol. The Morgan fingerprint density at radius 3 is 2.07 bits per heavy atom. The van der Waals surface area contributed by atoms with Crippen molar-refractivity contribution in [1.29, 1.82) is 0 Å². The first-order valence-corrected chi connectivity index (χ1v) is 10.1. The zero-order chi connectivity index (χ0) is 20.9. The summed E-state index contributed by atoms with van der Waals surface area (Å²) in [6, 6.07) is 10.8. The lowest BCUT2D eigenvalue weighted by Gasteiger charge is -2.12. The molecule has 0 aliphatic heterocycles. The normalized spacial score (nSPS) is 11.5. The second-order valence-electron chi connectivity index (χ2n) is 5.63. The molecule has 0 fully saturated rings. The van der Waals surface area contributed by atoms with Crippen LogP contribution in [0.5, 0.6) is 0 Å². The van der Waals surface area contributed by atoms with Gasteiger partial charge in [-0.25, -0.2) is 12.7 Å². The summed E-state index contributed by atoms with van der Waals surface area (Å²) in [5.41, 5.74) is 4.55. The molecule has 2 aromatic rings. The number of halogens is 2. The van der Waals surface area contributed by atoms with Crippen LogP contribution in [-0.4, -0.2) is 44.4 Å². The highest BCUT2D eigenvalue weighted by atomic mass is 32.2. The highest BCUT2D eigenvalue weighted by Gasteiger charge is 2.19. The number of carbonyl (C=O) groups excluding carboxylic acids is 2. The molecule has 0 saturated carbocycles. The number of nitrogens with zero attached hydrogens (tertiary/aromatic N) is 1. The van der Waals surface area contributed by atoms with Crippen molar-refractivity contribution in [2.45, 2.75) is 15.5 Å². The van der Waals surface area contributed by atoms with Gasteiger partial charge < -0.3 is 0 Å². The SMILES string of the molecule is CN(C)S(=O)(=O)c1cccc(C(=O)NNC(=O)c2ccc(SC(F)F)cc2)c1. The number of amides is 2. The van der Waals surface area contributed by atoms with Crippen molar-refractivity contribution in [2.24, 2.45) is 0 Å². The van der Waals surface area contributed by atoms with Gasteiger partial charge >= 0.3 is 0 Å². The maximum atomic E-state index is 12.3. The second kappa shape index (κ2) is 9.13. The number of rotatable bonds is 6. The number of sulfonamides is 1. The number of thioether (sulfide) groups is 1. The average molecular weight is 429 g/mol. The van der Waals surface area contributed by atoms with E-state index in [1.165, 1.54) is 62.6 Å². The summed E-state index contributed by atoms with van der Waals surface area (Å²) < 4.78 is 49.9. The molecule has 0 aromatic heterocycles. The lowest BCUT2D eigenvalue weighted by molar-refractivity contribution is 0.0846. The predicted molar refractivity (Wildman–Crippen MR) is 101 cm³/mol. The van der Waals surface area contributed by atoms with Crippen LogP contribution in [0.2, 0.25) is 0 Å². The number of hydrazine groups is 1. The third kappa shape index (κ3) is 5.50. The van der Waals surface area contributed by atoms with Crippen molar-refractivity contribution < 1.29 is 26.8 Å². The Hall–Kier alpha value is -2.50. The molecule has 0 atom stereocenters. The van der Waals surface area contributed by atoms with Crippen LogP contribution in [0, 0.1) is 0 Å². The maximum Gasteiger partial charge on any atom is 0.288 e. The van der Waals surface area contributed by atoms with Crippen LogP contribution in [0.3, 0.4) is 0 Å². The van der Waals surface area contributed by atoms with Crippen LogP contribution in [0.1, 0.15) is 20.7 Å². The van der Waals surface area contributed by atoms with Crippen LogP contribution < -0.4 is 10.9 Å². The van der Waals surface area contributed by atoms with E-state index in [0.29, 0.717) is 16.7 Å². The Balaban J connectivity index is 2.03. The molecule has 0 heterocycles. The lowest BCUT2D eigenvalue weighted by Crippen LogP contribution is -2.41. The fourth-order valence-corrected chi connectivity index (χ4v) is 3.50. The fraction of sp³-hybridized carbons (Fsp3) is 0.176. The molecule has 0 bridgehead atoms. The summed E-state index contributed by atoms with van der Waals surface area (Å²) in [6.45, 7) is 0. The van der Waals surface area contributed by atoms with E-state index in [0.717, 1.165) is 4.31 Å². The third-order valence-electron chi connectivity index (χ3n) is 3.51. The summed E-state index contributed by atoms with van der Waals surface area (Å²) in [5, 5.41) is 0. The molecular formula is C17H17F2N3O4S2. The summed E-state index contributed by atoms with van der Waals surface area (Å²) in [5.74, 6) is -3.93. The van der Waals surface area contributed by atoms with Gasteiger partial charge in [-0.15, -0.1) is 0 Å². The van der Waals surface area contributed by atoms with E-state index in [2.05, 4.69) is 10.9 Å². The Morgan fingerprint density at radius 1 is 0.964 bits per heavy atom. The van der Waals surface area contributed by atoms with E-state index in [-0.39, 0.29) is 16.0 Å². The number of hydrogen-bond donors (Lipinski definition) is 2. The number of alkyl halides is 2. The smallest absolute Gasteiger partial charge is 0.267 e. The topological polar surface area (TPSA) is 95.6 Å². The average Bonchev–Trinajstić information content (AvgIpc) is 2.66. The molecule has 2 amide bonds. The molecule has 0 aliphatic rings. The zero-order valence-electron chi connectivity index (χ0n) is 14.8. The summed E-state index contributed by atoms with van der Waals surface area (Å²) >= 11 is 0.352. The maximum absolute atomic E-state index is 12.3. The number of nitrogens with one attached hydrogen (secondary N) is 2. The van der Waals surface area contributed by atoms with Crippen molar-refractivity contribution in [2.75, 3.05) is 14.1 Å². The lowest BCUT2D eigenvalue weighted by atomic mass is 10.2. The van der Waals surface area contributed by atoms with Gasteiger partial charge in [0.25, 0.3) is 17.6 Å². The second-order valence-corrected chi connectivity index (χ2v) is 8.84. The Bertz CT molecular complexity index is 965. The van der Waals surface area contributed by atoms with E-state index in [1.807, 2.05) is 0 Å². The van der Waals surface area contributed by atoms with Crippen LogP contribution in [0.4, 0.5) is 8.78 Å². The molecule has 28 heavy (non-hydrogen) atoms. The molecule has 2 N–H and O–H groups in total. The molecule has 2 aromatic carbocycles. The first kappa shape index (κ1) is 21.8. The first-order valence-electron chi connectivity index (χ1n) is 7.79. The van der Waals surface area contributed by atoms with Crippen molar-refractivity contribution in [3.63, 3.8) is 0 Å². The van der Waals surface area contributed by atoms with Gasteiger partial charge in [-0.2, -0.15) is 8.78 Å². The fourth-order valence-electron chi connectivity index (χ4n) is 2.05. The molecule has 7 nitrogen and oxygen atoms in total. The Labute approximate surface area is 165 Å². The molecule has 0 saturated heterocycles. The monoisotopic (exact) mass is 429 g/mol. The molecule has 150 valence electrons. The quantitative estimate of drug-likeness (QED) is 0.543. The van der Waals surface area contributed by atoms with Crippen molar-refractivity contribution in [1.82, 2.24) is 15.2 Å². The minimum absolute atomic E-state index is 0.0342. The number of carbonyl (C=O) groups is 2. The van der Waals surface area contributed by atoms with E-state index in [9.17, 15) is 26.8 Å². The summed E-state index contributed by atoms with van der Waals surface area (Å²) in [7, 11) is -0.972. The van der Waals surface area contributed by atoms with E-state index in [4.69, 9.17) is 0 Å². The van der Waals surface area contributed by atoms with Crippen molar-refractivity contribution in [3.05, 3.63) is 59.7 Å². The standard InChI is InChI=1S/C17H17F2N3O4S2/c1-22(2)28(25,26)14-5-3-4-12(10-14)16(24)21-20-15(23)11-6-8-13(9-7-11)27-17(18)19/h3-10,17H,1-2H3,(H,20,23)(H,21,24). The van der Waals surface area contributed by atoms with Gasteiger partial charge in [-0.3, -0.25) is 20.4 Å². The van der Waals surface area contributed by atoms with Gasteiger partial charge in [0.1, 0.15) is 0 Å². The molecule has 2 rings (SSSR count). The Kier molecular flexibility index (Phi) is 7.11. The number of benzene rings is 2. The van der Waals surface area contributed by atoms with Gasteiger partial charge in [0.05, 0.1) is 4.90 Å². The summed E-state index contributed by atoms with van der Waals surface area (Å²) in [4.78, 5) is 24.5. The highest BCUT2D eigenvalue weighted by molar-refractivity contribution is 7.99. The van der Waals surface area contributed by atoms with Crippen LogP contribution in [0.25, 0.3) is 0 Å². The highest BCUT2D eigenvalue weighted by Crippen LogP contribution is 2.25. The van der Waals surface area contributed by atoms with Gasteiger partial charge in [-0.1, -0.05) is 17.8 Å². The first-order chi connectivity index (χ1) is 13.1. The molecule has 0 unspecified atom stereocenters. The molecule has 0 radical (unpaired) electrons. The van der Waals surface area contributed by atoms with E-state index in [1.54, 1.807) is 0 Å².